The van der Waals surface area contributed by atoms with Crippen LogP contribution in [0.5, 0.6) is 23.0 Å². The molecular weight excluding hydrogens is 552 g/mol. The fraction of sp³-hybridized carbons (Fsp3) is 0.211. The highest BCUT2D eigenvalue weighted by atomic mass is 16.5. The lowest BCUT2D eigenvalue weighted by Crippen LogP contribution is -2.43. The topological polar surface area (TPSA) is 71.1 Å². The van der Waals surface area contributed by atoms with Gasteiger partial charge in [-0.05, 0) is 68.8 Å². The Morgan fingerprint density at radius 3 is 0.818 bits per heavy atom. The Labute approximate surface area is 254 Å². The van der Waals surface area contributed by atoms with E-state index < -0.39 is 0 Å². The van der Waals surface area contributed by atoms with Crippen molar-refractivity contribution in [3.63, 3.8) is 0 Å². The van der Waals surface area contributed by atoms with Gasteiger partial charge in [0.15, 0.2) is 34.6 Å². The van der Waals surface area contributed by atoms with Crippen molar-refractivity contribution in [2.75, 3.05) is 28.4 Å². The quantitative estimate of drug-likeness (QED) is 0.262. The molecule has 4 bridgehead atoms. The normalized spacial score (nSPS) is 22.9. The second-order valence-electron chi connectivity index (χ2n) is 12.0. The van der Waals surface area contributed by atoms with Gasteiger partial charge in [0.25, 0.3) is 0 Å². The van der Waals surface area contributed by atoms with E-state index in [1.165, 1.54) is 0 Å². The molecule has 0 amide bonds. The van der Waals surface area contributed by atoms with Crippen LogP contribution in [0, 0.1) is 0 Å². The number of hydrogen-bond acceptors (Lipinski definition) is 6. The fourth-order valence-electron chi connectivity index (χ4n) is 8.73. The number of carbonyl (C=O) groups is 2. The molecular formula is C38H28O6. The third-order valence-electron chi connectivity index (χ3n) is 10.4. The molecule has 6 nitrogen and oxygen atoms in total. The van der Waals surface area contributed by atoms with Crippen LogP contribution in [0.15, 0.2) is 95.1 Å². The van der Waals surface area contributed by atoms with Crippen molar-refractivity contribution in [3.05, 3.63) is 140 Å². The van der Waals surface area contributed by atoms with Gasteiger partial charge in [-0.15, -0.1) is 0 Å². The van der Waals surface area contributed by atoms with Crippen LogP contribution in [0.25, 0.3) is 0 Å². The average molecular weight is 581 g/mol. The maximum Gasteiger partial charge on any atom is 0.187 e. The van der Waals surface area contributed by atoms with Gasteiger partial charge in [-0.1, -0.05) is 48.5 Å². The molecule has 0 fully saturated rings. The maximum absolute atomic E-state index is 15.1. The molecule has 216 valence electrons. The van der Waals surface area contributed by atoms with Crippen molar-refractivity contribution in [1.82, 2.24) is 0 Å². The number of ether oxygens (including phenoxy) is 4. The Bertz CT molecular complexity index is 1790. The number of hydrogen-bond donors (Lipinski definition) is 0. The smallest absolute Gasteiger partial charge is 0.187 e. The lowest BCUT2D eigenvalue weighted by molar-refractivity contribution is -0.117. The van der Waals surface area contributed by atoms with Crippen LogP contribution < -0.4 is 18.9 Å². The van der Waals surface area contributed by atoms with Crippen LogP contribution in [-0.2, 0) is 9.59 Å². The molecule has 0 spiro atoms. The molecule has 4 atom stereocenters. The second kappa shape index (κ2) is 8.73. The van der Waals surface area contributed by atoms with Gasteiger partial charge < -0.3 is 18.9 Å². The fourth-order valence-corrected chi connectivity index (χ4v) is 8.73. The summed E-state index contributed by atoms with van der Waals surface area (Å²) in [5.41, 5.74) is 10.6. The van der Waals surface area contributed by atoms with Gasteiger partial charge in [-0.3, -0.25) is 9.59 Å². The molecule has 4 aromatic rings. The van der Waals surface area contributed by atoms with Gasteiger partial charge in [0.2, 0.25) is 0 Å². The monoisotopic (exact) mass is 580 g/mol. The maximum atomic E-state index is 15.1. The summed E-state index contributed by atoms with van der Waals surface area (Å²) in [7, 11) is 6.47. The van der Waals surface area contributed by atoms with Gasteiger partial charge in [0, 0.05) is 46.0 Å². The molecule has 0 N–H and O–H groups in total. The first-order chi connectivity index (χ1) is 21.5. The lowest BCUT2D eigenvalue weighted by Gasteiger charge is -2.49. The summed E-state index contributed by atoms with van der Waals surface area (Å²) in [6.45, 7) is 0. The van der Waals surface area contributed by atoms with E-state index in [1.54, 1.807) is 28.4 Å². The molecule has 11 rings (SSSR count). The number of ketones is 2. The molecule has 7 aliphatic rings. The first-order valence-electron chi connectivity index (χ1n) is 14.8. The number of carbonyl (C=O) groups excluding carboxylic acids is 2. The first-order valence-corrected chi connectivity index (χ1v) is 14.8. The SMILES string of the molecule is COc1cc2c(cc1OC)C1C3=C(C(=O)C4=C(C3=O)C3c5ccccc5C4c4cc(OC)c(OC)cc43)C2c2ccccc21. The minimum Gasteiger partial charge on any atom is -0.493 e. The number of allylic oxidation sites excluding steroid dienone is 4. The summed E-state index contributed by atoms with van der Waals surface area (Å²) >= 11 is 0. The number of Topliss-reactive ketones (excluding diaryl/α,β-unsaturated/α-hetero) is 2. The zero-order valence-electron chi connectivity index (χ0n) is 24.7. The summed E-state index contributed by atoms with van der Waals surface area (Å²) in [5.74, 6) is 0.816. The zero-order valence-corrected chi connectivity index (χ0v) is 24.7. The summed E-state index contributed by atoms with van der Waals surface area (Å²) in [4.78, 5) is 30.3. The Kier molecular flexibility index (Phi) is 5.04. The summed E-state index contributed by atoms with van der Waals surface area (Å²) in [5, 5.41) is 0. The Balaban J connectivity index is 1.31. The third-order valence-corrected chi connectivity index (χ3v) is 10.4. The third kappa shape index (κ3) is 2.86. The molecule has 4 aromatic carbocycles. The Morgan fingerprint density at radius 2 is 0.614 bits per heavy atom. The van der Waals surface area contributed by atoms with Gasteiger partial charge in [-0.25, -0.2) is 0 Å². The molecule has 0 saturated heterocycles. The molecule has 7 aliphatic carbocycles. The van der Waals surface area contributed by atoms with Gasteiger partial charge in [0.1, 0.15) is 0 Å². The zero-order chi connectivity index (χ0) is 30.0. The van der Waals surface area contributed by atoms with Crippen molar-refractivity contribution in [2.24, 2.45) is 0 Å². The highest BCUT2D eigenvalue weighted by Crippen LogP contribution is 2.65. The van der Waals surface area contributed by atoms with Crippen molar-refractivity contribution in [1.29, 1.82) is 0 Å². The molecule has 0 heterocycles. The molecule has 0 aromatic heterocycles. The van der Waals surface area contributed by atoms with E-state index in [0.29, 0.717) is 45.3 Å². The molecule has 6 heteroatoms. The van der Waals surface area contributed by atoms with Crippen LogP contribution in [0.2, 0.25) is 0 Å². The number of rotatable bonds is 4. The Hall–Kier alpha value is -5.10. The van der Waals surface area contributed by atoms with E-state index in [0.717, 1.165) is 44.5 Å². The minimum absolute atomic E-state index is 0.0375. The van der Waals surface area contributed by atoms with E-state index in [2.05, 4.69) is 24.3 Å². The van der Waals surface area contributed by atoms with Crippen molar-refractivity contribution >= 4 is 11.6 Å². The predicted octanol–water partition coefficient (Wildman–Crippen LogP) is 6.35. The number of methoxy groups -OCH3 is 4. The van der Waals surface area contributed by atoms with E-state index in [9.17, 15) is 0 Å². The highest BCUT2D eigenvalue weighted by Gasteiger charge is 2.57. The average Bonchev–Trinajstić information content (AvgIpc) is 3.08. The number of benzene rings is 4. The predicted molar refractivity (Wildman–Crippen MR) is 163 cm³/mol. The van der Waals surface area contributed by atoms with E-state index in [-0.39, 0.29) is 35.2 Å². The van der Waals surface area contributed by atoms with Crippen molar-refractivity contribution in [2.45, 2.75) is 23.7 Å². The van der Waals surface area contributed by atoms with Crippen LogP contribution in [0.4, 0.5) is 0 Å². The van der Waals surface area contributed by atoms with E-state index in [1.807, 2.05) is 48.5 Å². The first kappa shape index (κ1) is 25.4. The Morgan fingerprint density at radius 1 is 0.386 bits per heavy atom. The molecule has 44 heavy (non-hydrogen) atoms. The standard InChI is InChI=1S/C38H28O6/c1-41-25-13-21-22(14-26(25)42-2)30-18-10-6-5-9-17(18)29(21)33-34(30)38(40)36-32-20-12-8-7-11-19(20)31(35(36)37(33)39)23-15-27(43-3)28(44-4)16-24(23)32/h5-16,29-32H,1-4H3. The molecule has 0 saturated carbocycles. The van der Waals surface area contributed by atoms with E-state index in [4.69, 9.17) is 18.9 Å². The van der Waals surface area contributed by atoms with E-state index >= 15 is 9.59 Å². The van der Waals surface area contributed by atoms with Crippen LogP contribution in [0.1, 0.15) is 68.2 Å². The van der Waals surface area contributed by atoms with Gasteiger partial charge in [-0.2, -0.15) is 0 Å². The largest absolute Gasteiger partial charge is 0.493 e. The molecule has 4 unspecified atom stereocenters. The van der Waals surface area contributed by atoms with Crippen LogP contribution >= 0.6 is 0 Å². The van der Waals surface area contributed by atoms with Crippen LogP contribution in [0.3, 0.4) is 0 Å². The minimum atomic E-state index is -0.382. The lowest BCUT2D eigenvalue weighted by atomic mass is 9.51. The molecule has 0 aliphatic heterocycles. The van der Waals surface area contributed by atoms with Gasteiger partial charge in [0.05, 0.1) is 28.4 Å². The van der Waals surface area contributed by atoms with Crippen molar-refractivity contribution < 1.29 is 28.5 Å². The van der Waals surface area contributed by atoms with Crippen molar-refractivity contribution in [3.8, 4) is 23.0 Å². The summed E-state index contributed by atoms with van der Waals surface area (Å²) < 4.78 is 22.8. The van der Waals surface area contributed by atoms with Crippen LogP contribution in [-0.4, -0.2) is 40.0 Å². The highest BCUT2D eigenvalue weighted by molar-refractivity contribution is 6.30. The molecule has 0 radical (unpaired) electrons. The van der Waals surface area contributed by atoms with Gasteiger partial charge >= 0.3 is 0 Å². The summed E-state index contributed by atoms with van der Waals surface area (Å²) in [6.07, 6.45) is 0. The summed E-state index contributed by atoms with van der Waals surface area (Å²) in [6, 6.07) is 24.3. The second-order valence-corrected chi connectivity index (χ2v) is 12.0.